The van der Waals surface area contributed by atoms with Crippen LogP contribution in [0.5, 0.6) is 5.75 Å². The standard InChI is InChI=1S/C13H16N2O5/c1-13(12(16)17)5-6-14(8-13)9-3-4-10(15(18)19)11(7-9)20-2/h3-4,7H,5-6,8H2,1-2H3,(H,16,17). The summed E-state index contributed by atoms with van der Waals surface area (Å²) in [6.07, 6.45) is 0.543. The van der Waals surface area contributed by atoms with E-state index in [9.17, 15) is 20.0 Å². The number of ether oxygens (including phenoxy) is 1. The third-order valence-electron chi connectivity index (χ3n) is 3.71. The molecular formula is C13H16N2O5. The maximum absolute atomic E-state index is 11.2. The molecule has 1 aliphatic heterocycles. The number of rotatable bonds is 4. The number of nitrogens with zero attached hydrogens (tertiary/aromatic N) is 2. The first kappa shape index (κ1) is 14.1. The van der Waals surface area contributed by atoms with Crippen molar-refractivity contribution in [3.63, 3.8) is 0 Å². The van der Waals surface area contributed by atoms with Crippen LogP contribution < -0.4 is 9.64 Å². The van der Waals surface area contributed by atoms with Gasteiger partial charge in [-0.15, -0.1) is 0 Å². The summed E-state index contributed by atoms with van der Waals surface area (Å²) in [5.74, 6) is -0.648. The molecule has 1 aliphatic rings. The van der Waals surface area contributed by atoms with Crippen LogP contribution in [0.4, 0.5) is 11.4 Å². The molecule has 0 saturated carbocycles. The topological polar surface area (TPSA) is 92.9 Å². The fourth-order valence-corrected chi connectivity index (χ4v) is 2.37. The molecule has 1 N–H and O–H groups in total. The summed E-state index contributed by atoms with van der Waals surface area (Å²) in [5.41, 5.74) is -0.150. The van der Waals surface area contributed by atoms with Crippen LogP contribution in [0.3, 0.4) is 0 Å². The zero-order valence-electron chi connectivity index (χ0n) is 11.3. The number of hydrogen-bond donors (Lipinski definition) is 1. The molecule has 0 aliphatic carbocycles. The van der Waals surface area contributed by atoms with Gasteiger partial charge in [-0.2, -0.15) is 0 Å². The lowest BCUT2D eigenvalue weighted by atomic mass is 9.90. The van der Waals surface area contributed by atoms with Gasteiger partial charge in [0, 0.05) is 30.9 Å². The second kappa shape index (κ2) is 4.99. The normalized spacial score (nSPS) is 21.8. The molecule has 1 saturated heterocycles. The summed E-state index contributed by atoms with van der Waals surface area (Å²) in [6, 6.07) is 4.57. The van der Waals surface area contributed by atoms with Crippen molar-refractivity contribution in [1.29, 1.82) is 0 Å². The van der Waals surface area contributed by atoms with E-state index < -0.39 is 16.3 Å². The van der Waals surface area contributed by atoms with E-state index in [4.69, 9.17) is 4.74 Å². The van der Waals surface area contributed by atoms with Crippen molar-refractivity contribution in [2.24, 2.45) is 5.41 Å². The number of anilines is 1. The van der Waals surface area contributed by atoms with Gasteiger partial charge in [-0.25, -0.2) is 0 Å². The highest BCUT2D eigenvalue weighted by atomic mass is 16.6. The van der Waals surface area contributed by atoms with Crippen molar-refractivity contribution in [1.82, 2.24) is 0 Å². The minimum atomic E-state index is -0.825. The lowest BCUT2D eigenvalue weighted by molar-refractivity contribution is -0.385. The highest BCUT2D eigenvalue weighted by molar-refractivity contribution is 5.76. The monoisotopic (exact) mass is 280 g/mol. The fraction of sp³-hybridized carbons (Fsp3) is 0.462. The van der Waals surface area contributed by atoms with Crippen LogP contribution in [0.1, 0.15) is 13.3 Å². The summed E-state index contributed by atoms with van der Waals surface area (Å²) in [5, 5.41) is 20.1. The van der Waals surface area contributed by atoms with Gasteiger partial charge < -0.3 is 14.7 Å². The van der Waals surface area contributed by atoms with Gasteiger partial charge in [0.05, 0.1) is 17.4 Å². The van der Waals surface area contributed by atoms with E-state index in [0.717, 1.165) is 5.69 Å². The number of aliphatic carboxylic acids is 1. The molecule has 0 aromatic heterocycles. The van der Waals surface area contributed by atoms with Crippen LogP contribution in [0.15, 0.2) is 18.2 Å². The van der Waals surface area contributed by atoms with E-state index >= 15 is 0 Å². The minimum absolute atomic E-state index is 0.101. The number of hydrogen-bond acceptors (Lipinski definition) is 5. The van der Waals surface area contributed by atoms with Crippen LogP contribution in [-0.2, 0) is 4.79 Å². The molecule has 108 valence electrons. The molecule has 1 fully saturated rings. The molecule has 2 rings (SSSR count). The molecule has 7 nitrogen and oxygen atoms in total. The van der Waals surface area contributed by atoms with E-state index in [2.05, 4.69) is 0 Å². The van der Waals surface area contributed by atoms with Crippen LogP contribution in [0.2, 0.25) is 0 Å². The SMILES string of the molecule is COc1cc(N2CCC(C)(C(=O)O)C2)ccc1[N+](=O)[O-]. The summed E-state index contributed by atoms with van der Waals surface area (Å²) in [7, 11) is 1.37. The van der Waals surface area contributed by atoms with E-state index in [1.165, 1.54) is 13.2 Å². The van der Waals surface area contributed by atoms with E-state index in [1.54, 1.807) is 19.1 Å². The Kier molecular flexibility index (Phi) is 3.52. The molecule has 7 heteroatoms. The fourth-order valence-electron chi connectivity index (χ4n) is 2.37. The molecule has 1 atom stereocenters. The predicted molar refractivity (Wildman–Crippen MR) is 72.2 cm³/mol. The van der Waals surface area contributed by atoms with Crippen molar-refractivity contribution in [2.75, 3.05) is 25.1 Å². The quantitative estimate of drug-likeness (QED) is 0.669. The molecule has 20 heavy (non-hydrogen) atoms. The van der Waals surface area contributed by atoms with Crippen molar-refractivity contribution in [3.05, 3.63) is 28.3 Å². The largest absolute Gasteiger partial charge is 0.490 e. The van der Waals surface area contributed by atoms with Gasteiger partial charge in [0.1, 0.15) is 0 Å². The number of nitro benzene ring substituents is 1. The van der Waals surface area contributed by atoms with Crippen molar-refractivity contribution in [3.8, 4) is 5.75 Å². The van der Waals surface area contributed by atoms with Crippen molar-refractivity contribution in [2.45, 2.75) is 13.3 Å². The van der Waals surface area contributed by atoms with Gasteiger partial charge in [0.15, 0.2) is 5.75 Å². The average molecular weight is 280 g/mol. The summed E-state index contributed by atoms with van der Waals surface area (Å²) < 4.78 is 5.02. The maximum Gasteiger partial charge on any atom is 0.311 e. The van der Waals surface area contributed by atoms with Gasteiger partial charge in [-0.05, 0) is 19.4 Å². The Morgan fingerprint density at radius 3 is 2.75 bits per heavy atom. The molecule has 1 heterocycles. The molecule has 0 amide bonds. The first-order chi connectivity index (χ1) is 9.37. The van der Waals surface area contributed by atoms with Gasteiger partial charge in [-0.3, -0.25) is 14.9 Å². The number of carbonyl (C=O) groups is 1. The molecule has 0 radical (unpaired) electrons. The first-order valence-corrected chi connectivity index (χ1v) is 6.18. The second-order valence-corrected chi connectivity index (χ2v) is 5.15. The molecule has 1 aromatic rings. The summed E-state index contributed by atoms with van der Waals surface area (Å²) >= 11 is 0. The van der Waals surface area contributed by atoms with E-state index in [1.807, 2.05) is 4.90 Å². The summed E-state index contributed by atoms with van der Waals surface area (Å²) in [4.78, 5) is 23.5. The Morgan fingerprint density at radius 1 is 1.55 bits per heavy atom. The third kappa shape index (κ3) is 2.38. The number of nitro groups is 1. The lowest BCUT2D eigenvalue weighted by Gasteiger charge is -2.22. The zero-order chi connectivity index (χ0) is 14.9. The van der Waals surface area contributed by atoms with Gasteiger partial charge in [0.25, 0.3) is 0 Å². The minimum Gasteiger partial charge on any atom is -0.490 e. The van der Waals surface area contributed by atoms with E-state index in [0.29, 0.717) is 19.5 Å². The van der Waals surface area contributed by atoms with Crippen LogP contribution >= 0.6 is 0 Å². The Hall–Kier alpha value is -2.31. The smallest absolute Gasteiger partial charge is 0.311 e. The molecule has 1 unspecified atom stereocenters. The first-order valence-electron chi connectivity index (χ1n) is 6.18. The Morgan fingerprint density at radius 2 is 2.25 bits per heavy atom. The Bertz CT molecular complexity index is 560. The molecular weight excluding hydrogens is 264 g/mol. The van der Waals surface area contributed by atoms with Crippen LogP contribution in [0, 0.1) is 15.5 Å². The van der Waals surface area contributed by atoms with Crippen LogP contribution in [0.25, 0.3) is 0 Å². The highest BCUT2D eigenvalue weighted by Gasteiger charge is 2.40. The second-order valence-electron chi connectivity index (χ2n) is 5.15. The average Bonchev–Trinajstić information content (AvgIpc) is 2.82. The number of carboxylic acids is 1. The predicted octanol–water partition coefficient (Wildman–Crippen LogP) is 1.90. The van der Waals surface area contributed by atoms with Crippen molar-refractivity contribution >= 4 is 17.3 Å². The number of methoxy groups -OCH3 is 1. The van der Waals surface area contributed by atoms with Crippen molar-refractivity contribution < 1.29 is 19.6 Å². The molecule has 0 bridgehead atoms. The third-order valence-corrected chi connectivity index (χ3v) is 3.71. The van der Waals surface area contributed by atoms with Gasteiger partial charge in [-0.1, -0.05) is 0 Å². The maximum atomic E-state index is 11.2. The zero-order valence-corrected chi connectivity index (χ0v) is 11.3. The van der Waals surface area contributed by atoms with Crippen LogP contribution in [-0.4, -0.2) is 36.2 Å². The van der Waals surface area contributed by atoms with E-state index in [-0.39, 0.29) is 11.4 Å². The Labute approximate surface area is 115 Å². The molecule has 0 spiro atoms. The Balaban J connectivity index is 2.27. The highest BCUT2D eigenvalue weighted by Crippen LogP contribution is 2.37. The van der Waals surface area contributed by atoms with Gasteiger partial charge in [0.2, 0.25) is 0 Å². The molecule has 1 aromatic carbocycles. The number of carboxylic acid groups (broad SMARTS) is 1. The van der Waals surface area contributed by atoms with Gasteiger partial charge >= 0.3 is 11.7 Å². The lowest BCUT2D eigenvalue weighted by Crippen LogP contribution is -2.31. The summed E-state index contributed by atoms with van der Waals surface area (Å²) in [6.45, 7) is 2.69. The number of benzene rings is 1.